The van der Waals surface area contributed by atoms with E-state index in [0.29, 0.717) is 0 Å². The summed E-state index contributed by atoms with van der Waals surface area (Å²) >= 11 is 1.74. The van der Waals surface area contributed by atoms with E-state index in [9.17, 15) is 4.79 Å². The van der Waals surface area contributed by atoms with Gasteiger partial charge in [-0.3, -0.25) is 10.0 Å². The predicted molar refractivity (Wildman–Crippen MR) is 98.4 cm³/mol. The van der Waals surface area contributed by atoms with Crippen molar-refractivity contribution in [2.24, 2.45) is 0 Å². The van der Waals surface area contributed by atoms with Crippen LogP contribution in [-0.4, -0.2) is 29.1 Å². The Kier molecular flexibility index (Phi) is 5.75. The average Bonchev–Trinajstić information content (AvgIpc) is 2.66. The number of hydrogen-bond acceptors (Lipinski definition) is 5. The van der Waals surface area contributed by atoms with Crippen molar-refractivity contribution in [2.45, 2.75) is 17.9 Å². The minimum Gasteiger partial charge on any atom is -0.497 e. The molecule has 0 spiro atoms. The zero-order chi connectivity index (χ0) is 17.6. The maximum Gasteiger partial charge on any atom is 0.267 e. The first-order valence-corrected chi connectivity index (χ1v) is 8.76. The van der Waals surface area contributed by atoms with Gasteiger partial charge in [0, 0.05) is 24.1 Å². The molecule has 0 saturated heterocycles. The highest BCUT2D eigenvalue weighted by molar-refractivity contribution is 7.97. The van der Waals surface area contributed by atoms with E-state index in [-0.39, 0.29) is 0 Å². The van der Waals surface area contributed by atoms with E-state index in [1.165, 1.54) is 22.1 Å². The van der Waals surface area contributed by atoms with Gasteiger partial charge in [-0.2, -0.15) is 0 Å². The summed E-state index contributed by atoms with van der Waals surface area (Å²) in [5.74, 6) is 0.325. The van der Waals surface area contributed by atoms with Crippen molar-refractivity contribution in [1.29, 1.82) is 0 Å². The quantitative estimate of drug-likeness (QED) is 0.373. The van der Waals surface area contributed by atoms with Gasteiger partial charge in [0.25, 0.3) is 5.91 Å². The van der Waals surface area contributed by atoms with Crippen LogP contribution in [0.1, 0.15) is 16.7 Å². The molecule has 0 atom stereocenters. The van der Waals surface area contributed by atoms with Crippen LogP contribution in [-0.2, 0) is 17.8 Å². The molecule has 6 heteroatoms. The number of benzene rings is 2. The number of ether oxygens (including phenoxy) is 1. The predicted octanol–water partition coefficient (Wildman–Crippen LogP) is 3.28. The molecule has 0 bridgehead atoms. The van der Waals surface area contributed by atoms with Gasteiger partial charge in [0.05, 0.1) is 7.11 Å². The maximum absolute atomic E-state index is 11.1. The van der Waals surface area contributed by atoms with E-state index in [2.05, 4.69) is 28.6 Å². The first kappa shape index (κ1) is 17.5. The molecule has 0 unspecified atom stereocenters. The van der Waals surface area contributed by atoms with E-state index in [0.717, 1.165) is 30.8 Å². The largest absolute Gasteiger partial charge is 0.497 e. The second-order valence-corrected chi connectivity index (χ2v) is 6.89. The highest BCUT2D eigenvalue weighted by atomic mass is 32.2. The fraction of sp³-hybridized carbons (Fsp3) is 0.211. The Bertz CT molecular complexity index is 775. The number of fused-ring (bicyclic) bond motifs is 1. The number of amides is 1. The Labute approximate surface area is 151 Å². The van der Waals surface area contributed by atoms with E-state index in [1.807, 2.05) is 18.2 Å². The summed E-state index contributed by atoms with van der Waals surface area (Å²) in [6, 6.07) is 14.3. The smallest absolute Gasteiger partial charge is 0.267 e. The molecule has 2 N–H and O–H groups in total. The van der Waals surface area contributed by atoms with Crippen LogP contribution in [0.15, 0.2) is 53.4 Å². The Morgan fingerprint density at radius 1 is 1.24 bits per heavy atom. The second kappa shape index (κ2) is 8.20. The normalized spacial score (nSPS) is 14.3. The highest BCUT2D eigenvalue weighted by Gasteiger charge is 2.17. The van der Waals surface area contributed by atoms with Crippen LogP contribution in [0, 0.1) is 0 Å². The number of rotatable bonds is 5. The Hall–Kier alpha value is -2.28. The van der Waals surface area contributed by atoms with Crippen LogP contribution in [0.2, 0.25) is 0 Å². The van der Waals surface area contributed by atoms with Crippen LogP contribution in [0.25, 0.3) is 6.08 Å². The third-order valence-corrected chi connectivity index (χ3v) is 5.09. The van der Waals surface area contributed by atoms with Crippen molar-refractivity contribution in [1.82, 2.24) is 9.79 Å². The molecule has 0 aromatic heterocycles. The molecule has 3 rings (SSSR count). The third kappa shape index (κ3) is 4.63. The van der Waals surface area contributed by atoms with Crippen molar-refractivity contribution in [3.63, 3.8) is 0 Å². The molecular weight excluding hydrogens is 336 g/mol. The molecule has 1 aliphatic rings. The van der Waals surface area contributed by atoms with Gasteiger partial charge < -0.3 is 4.74 Å². The Morgan fingerprint density at radius 2 is 2.04 bits per heavy atom. The van der Waals surface area contributed by atoms with Crippen LogP contribution in [0.4, 0.5) is 0 Å². The summed E-state index contributed by atoms with van der Waals surface area (Å²) in [5, 5.41) is 8.54. The molecule has 1 aliphatic heterocycles. The summed E-state index contributed by atoms with van der Waals surface area (Å²) in [5.41, 5.74) is 5.14. The number of nitrogens with one attached hydrogen (secondary N) is 1. The third-order valence-electron chi connectivity index (χ3n) is 4.04. The number of carbonyl (C=O) groups excluding carboxylic acids is 1. The molecule has 2 aromatic carbocycles. The van der Waals surface area contributed by atoms with Gasteiger partial charge in [0.15, 0.2) is 0 Å². The van der Waals surface area contributed by atoms with Crippen molar-refractivity contribution < 1.29 is 14.7 Å². The molecule has 2 aromatic rings. The van der Waals surface area contributed by atoms with Crippen molar-refractivity contribution >= 4 is 23.9 Å². The van der Waals surface area contributed by atoms with E-state index in [1.54, 1.807) is 30.6 Å². The Morgan fingerprint density at radius 3 is 2.76 bits per heavy atom. The van der Waals surface area contributed by atoms with E-state index < -0.39 is 5.91 Å². The lowest BCUT2D eigenvalue weighted by atomic mass is 9.98. The molecule has 0 radical (unpaired) electrons. The van der Waals surface area contributed by atoms with Gasteiger partial charge in [-0.25, -0.2) is 9.79 Å². The van der Waals surface area contributed by atoms with E-state index in [4.69, 9.17) is 9.94 Å². The first-order chi connectivity index (χ1) is 12.2. The molecule has 0 aliphatic carbocycles. The Balaban J connectivity index is 1.68. The summed E-state index contributed by atoms with van der Waals surface area (Å²) in [4.78, 5) is 12.3. The lowest BCUT2D eigenvalue weighted by molar-refractivity contribution is -0.124. The van der Waals surface area contributed by atoms with Gasteiger partial charge >= 0.3 is 0 Å². The monoisotopic (exact) mass is 356 g/mol. The minimum atomic E-state index is -0.533. The van der Waals surface area contributed by atoms with Crippen LogP contribution >= 0.6 is 11.9 Å². The molecule has 0 fully saturated rings. The fourth-order valence-corrected chi connectivity index (χ4v) is 3.67. The van der Waals surface area contributed by atoms with Gasteiger partial charge in [-0.15, -0.1) is 0 Å². The van der Waals surface area contributed by atoms with E-state index >= 15 is 0 Å². The number of nitrogens with zero attached hydrogens (tertiary/aromatic N) is 1. The SMILES string of the molecule is COc1ccc(SN2CCc3ccc(/C=C/C(=O)NO)cc3C2)cc1. The minimum absolute atomic E-state index is 0.533. The molecule has 1 amide bonds. The van der Waals surface area contributed by atoms with Crippen molar-refractivity contribution in [2.75, 3.05) is 13.7 Å². The maximum atomic E-state index is 11.1. The summed E-state index contributed by atoms with van der Waals surface area (Å²) in [6.45, 7) is 1.84. The number of carbonyl (C=O) groups is 1. The topological polar surface area (TPSA) is 61.8 Å². The van der Waals surface area contributed by atoms with Gasteiger partial charge in [0.1, 0.15) is 5.75 Å². The molecule has 5 nitrogen and oxygen atoms in total. The molecule has 130 valence electrons. The summed E-state index contributed by atoms with van der Waals surface area (Å²) in [7, 11) is 1.67. The van der Waals surface area contributed by atoms with Gasteiger partial charge in [-0.1, -0.05) is 18.2 Å². The zero-order valence-electron chi connectivity index (χ0n) is 13.9. The summed E-state index contributed by atoms with van der Waals surface area (Å²) < 4.78 is 7.52. The van der Waals surface area contributed by atoms with Crippen LogP contribution < -0.4 is 10.2 Å². The van der Waals surface area contributed by atoms with Crippen molar-refractivity contribution in [3.8, 4) is 5.75 Å². The number of methoxy groups -OCH3 is 1. The summed E-state index contributed by atoms with van der Waals surface area (Å²) in [6.07, 6.45) is 4.01. The van der Waals surface area contributed by atoms with Crippen molar-refractivity contribution in [3.05, 3.63) is 65.2 Å². The standard InChI is InChI=1S/C19H20N2O3S/c1-24-17-5-7-18(8-6-17)25-21-11-10-15-4-2-14(12-16(15)13-21)3-9-19(22)20-23/h2-9,12,23H,10-11,13H2,1H3,(H,20,22)/b9-3+. The van der Waals surface area contributed by atoms with Gasteiger partial charge in [-0.05, 0) is 65.4 Å². The second-order valence-electron chi connectivity index (χ2n) is 5.72. The lowest BCUT2D eigenvalue weighted by Crippen LogP contribution is -2.24. The average molecular weight is 356 g/mol. The zero-order valence-corrected chi connectivity index (χ0v) is 14.8. The fourth-order valence-electron chi connectivity index (χ4n) is 2.73. The highest BCUT2D eigenvalue weighted by Crippen LogP contribution is 2.30. The molecule has 25 heavy (non-hydrogen) atoms. The van der Waals surface area contributed by atoms with Crippen LogP contribution in [0.3, 0.4) is 0 Å². The molecule has 1 heterocycles. The number of hydroxylamine groups is 1. The number of hydrogen-bond donors (Lipinski definition) is 2. The van der Waals surface area contributed by atoms with Gasteiger partial charge in [0.2, 0.25) is 0 Å². The first-order valence-electron chi connectivity index (χ1n) is 7.99. The molecular formula is C19H20N2O3S. The van der Waals surface area contributed by atoms with Crippen LogP contribution in [0.5, 0.6) is 5.75 Å². The lowest BCUT2D eigenvalue weighted by Gasteiger charge is -2.28. The molecule has 0 saturated carbocycles.